The summed E-state index contributed by atoms with van der Waals surface area (Å²) >= 11 is 6.39. The normalized spacial score (nSPS) is 16.5. The molecular formula is C21H21ClN2O2. The van der Waals surface area contributed by atoms with E-state index in [-0.39, 0.29) is 5.91 Å². The van der Waals surface area contributed by atoms with E-state index in [0.29, 0.717) is 13.1 Å². The maximum absolute atomic E-state index is 12.6. The molecule has 0 radical (unpaired) electrons. The highest BCUT2D eigenvalue weighted by Gasteiger charge is 2.30. The molecule has 2 aromatic rings. The van der Waals surface area contributed by atoms with Gasteiger partial charge in [-0.15, -0.1) is 0 Å². The summed E-state index contributed by atoms with van der Waals surface area (Å²) in [5, 5.41) is 3.78. The number of hydrogen-bond acceptors (Lipinski definition) is 3. The predicted molar refractivity (Wildman–Crippen MR) is 103 cm³/mol. The highest BCUT2D eigenvalue weighted by Crippen LogP contribution is 2.37. The molecule has 0 fully saturated rings. The molecule has 1 N–H and O–H groups in total. The Labute approximate surface area is 158 Å². The minimum absolute atomic E-state index is 0.0372. The third-order valence-electron chi connectivity index (χ3n) is 5.08. The highest BCUT2D eigenvalue weighted by molar-refractivity contribution is 6.31. The Morgan fingerprint density at radius 3 is 2.85 bits per heavy atom. The number of nitrogens with zero attached hydrogens (tertiary/aromatic N) is 1. The van der Waals surface area contributed by atoms with Gasteiger partial charge in [0.05, 0.1) is 12.8 Å². The number of rotatable bonds is 3. The Morgan fingerprint density at radius 2 is 2.04 bits per heavy atom. The monoisotopic (exact) mass is 368 g/mol. The smallest absolute Gasteiger partial charge is 0.249 e. The third-order valence-corrected chi connectivity index (χ3v) is 5.45. The zero-order chi connectivity index (χ0) is 18.1. The van der Waals surface area contributed by atoms with Crippen LogP contribution < -0.4 is 10.1 Å². The molecule has 0 atom stereocenters. The summed E-state index contributed by atoms with van der Waals surface area (Å²) in [4.78, 5) is 14.9. The number of halogens is 1. The van der Waals surface area contributed by atoms with Crippen molar-refractivity contribution in [3.8, 4) is 5.75 Å². The lowest BCUT2D eigenvalue weighted by Crippen LogP contribution is -2.29. The van der Waals surface area contributed by atoms with Crippen LogP contribution in [0.2, 0.25) is 5.02 Å². The quantitative estimate of drug-likeness (QED) is 0.899. The second-order valence-corrected chi connectivity index (χ2v) is 7.03. The molecule has 0 saturated heterocycles. The van der Waals surface area contributed by atoms with E-state index in [1.54, 1.807) is 7.11 Å². The van der Waals surface area contributed by atoms with Crippen LogP contribution in [-0.4, -0.2) is 31.0 Å². The van der Waals surface area contributed by atoms with E-state index >= 15 is 0 Å². The number of benzene rings is 2. The van der Waals surface area contributed by atoms with Gasteiger partial charge in [0.1, 0.15) is 5.75 Å². The molecular weight excluding hydrogens is 348 g/mol. The van der Waals surface area contributed by atoms with Crippen molar-refractivity contribution in [2.24, 2.45) is 0 Å². The molecule has 0 spiro atoms. The van der Waals surface area contributed by atoms with E-state index in [9.17, 15) is 4.79 Å². The zero-order valence-electron chi connectivity index (χ0n) is 14.7. The molecule has 0 unspecified atom stereocenters. The minimum Gasteiger partial charge on any atom is -0.497 e. The highest BCUT2D eigenvalue weighted by atomic mass is 35.5. The Balaban J connectivity index is 1.82. The summed E-state index contributed by atoms with van der Waals surface area (Å²) in [5.74, 6) is 0.843. The SMILES string of the molecule is COc1ccc2c(c1)C1=C(CC2)C(=O)NCCN1Cc1ccccc1Cl. The molecule has 1 aliphatic carbocycles. The van der Waals surface area contributed by atoms with Crippen molar-refractivity contribution in [1.82, 2.24) is 10.2 Å². The fourth-order valence-electron chi connectivity index (χ4n) is 3.76. The first-order valence-electron chi connectivity index (χ1n) is 8.84. The van der Waals surface area contributed by atoms with Crippen molar-refractivity contribution < 1.29 is 9.53 Å². The van der Waals surface area contributed by atoms with Gasteiger partial charge in [-0.05, 0) is 42.2 Å². The summed E-state index contributed by atoms with van der Waals surface area (Å²) in [5.41, 5.74) is 5.28. The molecule has 1 aliphatic heterocycles. The van der Waals surface area contributed by atoms with Crippen LogP contribution in [0.4, 0.5) is 0 Å². The first-order valence-corrected chi connectivity index (χ1v) is 9.22. The number of hydrogen-bond donors (Lipinski definition) is 1. The van der Waals surface area contributed by atoms with Gasteiger partial charge in [0.25, 0.3) is 0 Å². The second-order valence-electron chi connectivity index (χ2n) is 6.62. The average Bonchev–Trinajstić information content (AvgIpc) is 2.82. The van der Waals surface area contributed by atoms with E-state index in [2.05, 4.69) is 16.3 Å². The molecule has 26 heavy (non-hydrogen) atoms. The molecule has 2 aliphatic rings. The second kappa shape index (κ2) is 7.04. The van der Waals surface area contributed by atoms with Crippen molar-refractivity contribution in [2.45, 2.75) is 19.4 Å². The summed E-state index contributed by atoms with van der Waals surface area (Å²) in [6.45, 7) is 2.03. The Hall–Kier alpha value is -2.46. The van der Waals surface area contributed by atoms with Crippen molar-refractivity contribution in [2.75, 3.05) is 20.2 Å². The van der Waals surface area contributed by atoms with Crippen molar-refractivity contribution >= 4 is 23.2 Å². The van der Waals surface area contributed by atoms with Gasteiger partial charge < -0.3 is 15.0 Å². The van der Waals surface area contributed by atoms with Gasteiger partial charge in [-0.1, -0.05) is 35.9 Å². The zero-order valence-corrected chi connectivity index (χ0v) is 15.5. The summed E-state index contributed by atoms with van der Waals surface area (Å²) in [7, 11) is 1.67. The van der Waals surface area contributed by atoms with Gasteiger partial charge in [-0.3, -0.25) is 4.79 Å². The molecule has 1 amide bonds. The maximum atomic E-state index is 12.6. The third kappa shape index (κ3) is 3.06. The number of nitrogens with one attached hydrogen (secondary N) is 1. The van der Waals surface area contributed by atoms with Gasteiger partial charge in [0.15, 0.2) is 0 Å². The molecule has 5 heteroatoms. The fraction of sp³-hybridized carbons (Fsp3) is 0.286. The van der Waals surface area contributed by atoms with Crippen molar-refractivity contribution in [1.29, 1.82) is 0 Å². The van der Waals surface area contributed by atoms with Crippen LogP contribution in [0.1, 0.15) is 23.1 Å². The summed E-state index contributed by atoms with van der Waals surface area (Å²) in [6, 6.07) is 14.0. The number of carbonyl (C=O) groups excluding carboxylic acids is 1. The molecule has 2 aromatic carbocycles. The molecule has 0 saturated carbocycles. The minimum atomic E-state index is 0.0372. The lowest BCUT2D eigenvalue weighted by atomic mass is 9.88. The Morgan fingerprint density at radius 1 is 1.19 bits per heavy atom. The first kappa shape index (κ1) is 17.0. The van der Waals surface area contributed by atoms with Gasteiger partial charge >= 0.3 is 0 Å². The van der Waals surface area contributed by atoms with Crippen LogP contribution in [0.25, 0.3) is 5.70 Å². The number of aryl methyl sites for hydroxylation is 1. The van der Waals surface area contributed by atoms with Crippen LogP contribution in [0, 0.1) is 0 Å². The lowest BCUT2D eigenvalue weighted by Gasteiger charge is -2.31. The van der Waals surface area contributed by atoms with Crippen LogP contribution >= 0.6 is 11.6 Å². The van der Waals surface area contributed by atoms with Crippen LogP contribution in [-0.2, 0) is 17.8 Å². The summed E-state index contributed by atoms with van der Waals surface area (Å²) in [6.07, 6.45) is 1.62. The van der Waals surface area contributed by atoms with Crippen molar-refractivity contribution in [3.63, 3.8) is 0 Å². The van der Waals surface area contributed by atoms with Gasteiger partial charge in [0, 0.05) is 35.8 Å². The van der Waals surface area contributed by atoms with Crippen LogP contribution in [0.15, 0.2) is 48.0 Å². The average molecular weight is 369 g/mol. The number of fused-ring (bicyclic) bond motifs is 2. The maximum Gasteiger partial charge on any atom is 0.249 e. The topological polar surface area (TPSA) is 41.6 Å². The Bertz CT molecular complexity index is 891. The van der Waals surface area contributed by atoms with E-state index in [0.717, 1.165) is 52.6 Å². The molecule has 0 aromatic heterocycles. The Kier molecular flexibility index (Phi) is 4.60. The largest absolute Gasteiger partial charge is 0.497 e. The van der Waals surface area contributed by atoms with Gasteiger partial charge in [-0.2, -0.15) is 0 Å². The number of amides is 1. The lowest BCUT2D eigenvalue weighted by molar-refractivity contribution is -0.117. The molecule has 134 valence electrons. The molecule has 1 heterocycles. The summed E-state index contributed by atoms with van der Waals surface area (Å²) < 4.78 is 5.43. The molecule has 4 nitrogen and oxygen atoms in total. The standard InChI is InChI=1S/C21H21ClN2O2/c1-26-16-8-6-14-7-9-17-20(18(14)12-16)24(11-10-23-21(17)25)13-15-4-2-3-5-19(15)22/h2-6,8,12H,7,9-11,13H2,1H3,(H,23,25). The number of methoxy groups -OCH3 is 1. The van der Waals surface area contributed by atoms with Gasteiger partial charge in [0.2, 0.25) is 5.91 Å². The molecule has 4 rings (SSSR count). The van der Waals surface area contributed by atoms with E-state index in [1.165, 1.54) is 5.56 Å². The van der Waals surface area contributed by atoms with Gasteiger partial charge in [-0.25, -0.2) is 0 Å². The van der Waals surface area contributed by atoms with E-state index in [1.807, 2.05) is 36.4 Å². The molecule has 0 bridgehead atoms. The van der Waals surface area contributed by atoms with Crippen molar-refractivity contribution in [3.05, 3.63) is 69.8 Å². The fourth-order valence-corrected chi connectivity index (χ4v) is 3.95. The van der Waals surface area contributed by atoms with E-state index < -0.39 is 0 Å². The van der Waals surface area contributed by atoms with E-state index in [4.69, 9.17) is 16.3 Å². The first-order chi connectivity index (χ1) is 12.7. The predicted octanol–water partition coefficient (Wildman–Crippen LogP) is 3.64. The number of ether oxygens (including phenoxy) is 1. The van der Waals surface area contributed by atoms with Crippen LogP contribution in [0.3, 0.4) is 0 Å². The van der Waals surface area contributed by atoms with Crippen LogP contribution in [0.5, 0.6) is 5.75 Å². The number of carbonyl (C=O) groups is 1.